The van der Waals surface area contributed by atoms with Crippen molar-refractivity contribution in [3.8, 4) is 0 Å². The van der Waals surface area contributed by atoms with Crippen LogP contribution in [0.5, 0.6) is 0 Å². The number of benzene rings is 1. The van der Waals surface area contributed by atoms with Crippen molar-refractivity contribution >= 4 is 37.8 Å². The van der Waals surface area contributed by atoms with Gasteiger partial charge in [-0.05, 0) is 39.8 Å². The van der Waals surface area contributed by atoms with Gasteiger partial charge < -0.3 is 0 Å². The van der Waals surface area contributed by atoms with Gasteiger partial charge in [0.05, 0.1) is 6.54 Å². The first-order valence-electron chi connectivity index (χ1n) is 5.29. The van der Waals surface area contributed by atoms with Gasteiger partial charge in [0.25, 0.3) is 5.91 Å². The summed E-state index contributed by atoms with van der Waals surface area (Å²) in [6.45, 7) is 1.49. The standard InChI is InChI=1S/C11H8FN3OS2/c12-8-3-1-2-7(6-8)9(16)14-11-15-5-4-13-10(15)17-18-11/h1-3,6H,4-5H2/b14-11-. The quantitative estimate of drug-likeness (QED) is 0.741. The summed E-state index contributed by atoms with van der Waals surface area (Å²) in [6, 6.07) is 5.55. The second-order valence-corrected chi connectivity index (χ2v) is 5.76. The van der Waals surface area contributed by atoms with Crippen LogP contribution in [0.2, 0.25) is 0 Å². The molecule has 0 unspecified atom stereocenters. The molecule has 0 aliphatic carbocycles. The smallest absolute Gasteiger partial charge is 0.279 e. The predicted octanol–water partition coefficient (Wildman–Crippen LogP) is 2.39. The number of hydrogen-bond acceptors (Lipinski definition) is 4. The maximum absolute atomic E-state index is 13.0. The minimum Gasteiger partial charge on any atom is -0.297 e. The molecule has 4 nitrogen and oxygen atoms in total. The molecule has 0 saturated carbocycles. The number of amides is 1. The van der Waals surface area contributed by atoms with Crippen LogP contribution in [0.25, 0.3) is 0 Å². The summed E-state index contributed by atoms with van der Waals surface area (Å²) in [5.74, 6) is -0.858. The van der Waals surface area contributed by atoms with E-state index in [1.807, 2.05) is 4.90 Å². The van der Waals surface area contributed by atoms with Crippen molar-refractivity contribution in [2.45, 2.75) is 0 Å². The lowest BCUT2D eigenvalue weighted by Gasteiger charge is -2.09. The zero-order valence-corrected chi connectivity index (χ0v) is 10.8. The van der Waals surface area contributed by atoms with Gasteiger partial charge in [-0.25, -0.2) is 4.39 Å². The third-order valence-electron chi connectivity index (χ3n) is 2.49. The van der Waals surface area contributed by atoms with Crippen LogP contribution < -0.4 is 0 Å². The van der Waals surface area contributed by atoms with Crippen LogP contribution in [0.1, 0.15) is 10.4 Å². The van der Waals surface area contributed by atoms with Crippen molar-refractivity contribution < 1.29 is 9.18 Å². The Balaban J connectivity index is 1.84. The summed E-state index contributed by atoms with van der Waals surface area (Å²) in [7, 11) is 2.91. The summed E-state index contributed by atoms with van der Waals surface area (Å²) >= 11 is 0. The van der Waals surface area contributed by atoms with E-state index in [9.17, 15) is 9.18 Å². The molecule has 2 heterocycles. The molecule has 1 aromatic rings. The van der Waals surface area contributed by atoms with Crippen LogP contribution >= 0.6 is 21.6 Å². The van der Waals surface area contributed by atoms with E-state index in [1.54, 1.807) is 6.07 Å². The molecule has 3 rings (SSSR count). The van der Waals surface area contributed by atoms with E-state index < -0.39 is 11.7 Å². The number of fused-ring (bicyclic) bond motifs is 1. The first-order valence-corrected chi connectivity index (χ1v) is 7.44. The summed E-state index contributed by atoms with van der Waals surface area (Å²) in [5, 5.41) is 1.52. The second-order valence-electron chi connectivity index (χ2n) is 3.69. The van der Waals surface area contributed by atoms with Gasteiger partial charge in [-0.3, -0.25) is 14.7 Å². The Morgan fingerprint density at radius 2 is 2.33 bits per heavy atom. The lowest BCUT2D eigenvalue weighted by Crippen LogP contribution is -2.26. The fraction of sp³-hybridized carbons (Fsp3) is 0.182. The zero-order chi connectivity index (χ0) is 12.5. The van der Waals surface area contributed by atoms with Gasteiger partial charge >= 0.3 is 0 Å². The van der Waals surface area contributed by atoms with Crippen molar-refractivity contribution in [3.63, 3.8) is 0 Å². The topological polar surface area (TPSA) is 45.0 Å². The third kappa shape index (κ3) is 2.15. The molecule has 0 aromatic heterocycles. The lowest BCUT2D eigenvalue weighted by atomic mass is 10.2. The Morgan fingerprint density at radius 3 is 3.17 bits per heavy atom. The van der Waals surface area contributed by atoms with Gasteiger partial charge in [-0.15, -0.1) is 0 Å². The van der Waals surface area contributed by atoms with E-state index >= 15 is 0 Å². The molecule has 0 N–H and O–H groups in total. The normalized spacial score (nSPS) is 20.2. The SMILES string of the molecule is O=C(/N=C1\SSC2=NCCN21)c1cccc(F)c1. The summed E-state index contributed by atoms with van der Waals surface area (Å²) in [6.07, 6.45) is 0. The Kier molecular flexibility index (Phi) is 3.09. The monoisotopic (exact) mass is 281 g/mol. The molecule has 1 fully saturated rings. The van der Waals surface area contributed by atoms with Crippen LogP contribution in [-0.2, 0) is 0 Å². The average Bonchev–Trinajstić information content (AvgIpc) is 2.94. The fourth-order valence-electron chi connectivity index (χ4n) is 1.65. The van der Waals surface area contributed by atoms with Crippen molar-refractivity contribution in [2.75, 3.05) is 13.1 Å². The van der Waals surface area contributed by atoms with E-state index in [-0.39, 0.29) is 5.56 Å². The van der Waals surface area contributed by atoms with Gasteiger partial charge in [0, 0.05) is 12.1 Å². The molecule has 2 aliphatic rings. The van der Waals surface area contributed by atoms with Crippen molar-refractivity contribution in [2.24, 2.45) is 9.98 Å². The Labute approximate surface area is 111 Å². The predicted molar refractivity (Wildman–Crippen MR) is 72.4 cm³/mol. The van der Waals surface area contributed by atoms with Crippen LogP contribution in [0.3, 0.4) is 0 Å². The second kappa shape index (κ2) is 4.74. The maximum atomic E-state index is 13.0. The first-order chi connectivity index (χ1) is 8.74. The number of aliphatic imine (C=N–C) groups is 2. The molecule has 1 aromatic carbocycles. The number of nitrogens with zero attached hydrogens (tertiary/aromatic N) is 3. The van der Waals surface area contributed by atoms with E-state index in [0.29, 0.717) is 5.17 Å². The van der Waals surface area contributed by atoms with Crippen molar-refractivity contribution in [1.82, 2.24) is 4.90 Å². The first kappa shape index (κ1) is 11.7. The molecule has 0 atom stereocenters. The highest BCUT2D eigenvalue weighted by Crippen LogP contribution is 2.38. The zero-order valence-electron chi connectivity index (χ0n) is 9.17. The molecule has 92 valence electrons. The fourth-order valence-corrected chi connectivity index (χ4v) is 3.91. The summed E-state index contributed by atoms with van der Waals surface area (Å²) in [5.41, 5.74) is 0.262. The number of carbonyl (C=O) groups is 1. The van der Waals surface area contributed by atoms with Gasteiger partial charge in [-0.2, -0.15) is 4.99 Å². The third-order valence-corrected chi connectivity index (χ3v) is 4.68. The molecule has 1 saturated heterocycles. The minimum atomic E-state index is -0.432. The highest BCUT2D eigenvalue weighted by atomic mass is 33.1. The summed E-state index contributed by atoms with van der Waals surface area (Å²) < 4.78 is 13.0. The highest BCUT2D eigenvalue weighted by Gasteiger charge is 2.31. The Hall–Kier alpha value is -1.34. The van der Waals surface area contributed by atoms with Gasteiger partial charge in [0.2, 0.25) is 0 Å². The van der Waals surface area contributed by atoms with E-state index in [0.717, 1.165) is 18.3 Å². The molecular weight excluding hydrogens is 273 g/mol. The molecule has 0 radical (unpaired) electrons. The molecule has 1 amide bonds. The Bertz CT molecular complexity index is 573. The van der Waals surface area contributed by atoms with Crippen LogP contribution in [0.15, 0.2) is 34.3 Å². The van der Waals surface area contributed by atoms with E-state index in [4.69, 9.17) is 0 Å². The van der Waals surface area contributed by atoms with Crippen molar-refractivity contribution in [1.29, 1.82) is 0 Å². The maximum Gasteiger partial charge on any atom is 0.279 e. The number of carbonyl (C=O) groups excluding carboxylic acids is 1. The van der Waals surface area contributed by atoms with E-state index in [1.165, 1.54) is 39.8 Å². The largest absolute Gasteiger partial charge is 0.297 e. The number of halogens is 1. The Morgan fingerprint density at radius 1 is 1.44 bits per heavy atom. The van der Waals surface area contributed by atoms with E-state index in [2.05, 4.69) is 9.98 Å². The van der Waals surface area contributed by atoms with Crippen LogP contribution in [0, 0.1) is 5.82 Å². The molecular formula is C11H8FN3OS2. The minimum absolute atomic E-state index is 0.262. The van der Waals surface area contributed by atoms with Gasteiger partial charge in [0.15, 0.2) is 10.3 Å². The van der Waals surface area contributed by atoms with Gasteiger partial charge in [-0.1, -0.05) is 6.07 Å². The van der Waals surface area contributed by atoms with Crippen LogP contribution in [0.4, 0.5) is 4.39 Å². The molecule has 18 heavy (non-hydrogen) atoms. The number of rotatable bonds is 1. The molecule has 0 bridgehead atoms. The molecule has 2 aliphatic heterocycles. The van der Waals surface area contributed by atoms with Crippen molar-refractivity contribution in [3.05, 3.63) is 35.6 Å². The lowest BCUT2D eigenvalue weighted by molar-refractivity contribution is 0.100. The number of amidine groups is 2. The van der Waals surface area contributed by atoms with Crippen LogP contribution in [-0.4, -0.2) is 34.2 Å². The molecule has 0 spiro atoms. The van der Waals surface area contributed by atoms with Gasteiger partial charge in [0.1, 0.15) is 5.82 Å². The average molecular weight is 281 g/mol. The summed E-state index contributed by atoms with van der Waals surface area (Å²) in [4.78, 5) is 22.1. The molecule has 7 heteroatoms. The number of hydrogen-bond donors (Lipinski definition) is 0. The highest BCUT2D eigenvalue weighted by molar-refractivity contribution is 8.88.